The zero-order valence-corrected chi connectivity index (χ0v) is 6.76. The van der Waals surface area contributed by atoms with E-state index in [0.717, 1.165) is 0 Å². The van der Waals surface area contributed by atoms with Crippen molar-refractivity contribution >= 4 is 11.9 Å². The molecule has 0 fully saturated rings. The van der Waals surface area contributed by atoms with Crippen molar-refractivity contribution in [2.24, 2.45) is 0 Å². The third kappa shape index (κ3) is 6.58. The van der Waals surface area contributed by atoms with Crippen LogP contribution in [0, 0.1) is 0 Å². The standard InChI is InChI=1S/C2H2O4.K/c3-1(4)2(5)6;/h(H,3,4)(H,5,6);/q;+1/p-2. The molecular weight excluding hydrogens is 127 g/mol. The molecule has 0 aromatic heterocycles. The first-order valence-electron chi connectivity index (χ1n) is 1.07. The van der Waals surface area contributed by atoms with E-state index in [0.29, 0.717) is 0 Å². The normalized spacial score (nSPS) is 6.29. The minimum absolute atomic E-state index is 0. The SMILES string of the molecule is O=C([O-])C(=O)[O-].[K+]. The molecule has 0 atom stereocenters. The second-order valence-corrected chi connectivity index (χ2v) is 0.575. The van der Waals surface area contributed by atoms with Crippen LogP contribution >= 0.6 is 0 Å². The summed E-state index contributed by atoms with van der Waals surface area (Å²) in [5, 5.41) is 17.9. The number of rotatable bonds is 0. The number of carboxylic acids is 2. The molecule has 0 amide bonds. The van der Waals surface area contributed by atoms with Gasteiger partial charge in [-0.25, -0.2) is 0 Å². The van der Waals surface area contributed by atoms with E-state index in [2.05, 4.69) is 0 Å². The van der Waals surface area contributed by atoms with E-state index in [1.807, 2.05) is 0 Å². The van der Waals surface area contributed by atoms with Gasteiger partial charge in [-0.3, -0.25) is 0 Å². The van der Waals surface area contributed by atoms with Gasteiger partial charge in [-0.05, 0) is 0 Å². The molecule has 0 rings (SSSR count). The maximum atomic E-state index is 8.93. The first-order chi connectivity index (χ1) is 2.64. The number of aliphatic carboxylic acids is 2. The molecule has 0 heterocycles. The minimum Gasteiger partial charge on any atom is -0.543 e. The summed E-state index contributed by atoms with van der Waals surface area (Å²) in [6.45, 7) is 0. The first kappa shape index (κ1) is 10.5. The Labute approximate surface area is 81.9 Å². The molecule has 0 N–H and O–H groups in total. The summed E-state index contributed by atoms with van der Waals surface area (Å²) in [5.74, 6) is -4.37. The van der Waals surface area contributed by atoms with Crippen molar-refractivity contribution in [1.29, 1.82) is 0 Å². The van der Waals surface area contributed by atoms with Crippen molar-refractivity contribution in [2.45, 2.75) is 0 Å². The van der Waals surface area contributed by atoms with Crippen LogP contribution in [0.15, 0.2) is 0 Å². The summed E-state index contributed by atoms with van der Waals surface area (Å²) in [6.07, 6.45) is 0. The van der Waals surface area contributed by atoms with Crippen molar-refractivity contribution in [3.05, 3.63) is 0 Å². The predicted molar refractivity (Wildman–Crippen MR) is 10.0 cm³/mol. The maximum absolute atomic E-state index is 8.93. The molecule has 0 aromatic carbocycles. The molecule has 4 nitrogen and oxygen atoms in total. The van der Waals surface area contributed by atoms with Gasteiger partial charge < -0.3 is 19.8 Å². The number of carbonyl (C=O) groups excluding carboxylic acids is 2. The van der Waals surface area contributed by atoms with E-state index >= 15 is 0 Å². The van der Waals surface area contributed by atoms with Crippen LogP contribution < -0.4 is 61.6 Å². The van der Waals surface area contributed by atoms with Gasteiger partial charge in [0.15, 0.2) is 0 Å². The average Bonchev–Trinajstić information content (AvgIpc) is 1.36. The van der Waals surface area contributed by atoms with Gasteiger partial charge in [-0.15, -0.1) is 0 Å². The Morgan fingerprint density at radius 3 is 1.14 bits per heavy atom. The molecule has 7 heavy (non-hydrogen) atoms. The Morgan fingerprint density at radius 2 is 1.14 bits per heavy atom. The number of hydrogen-bond donors (Lipinski definition) is 0. The van der Waals surface area contributed by atoms with Gasteiger partial charge in [0.2, 0.25) is 0 Å². The van der Waals surface area contributed by atoms with Gasteiger partial charge in [-0.2, -0.15) is 0 Å². The zero-order chi connectivity index (χ0) is 5.15. The van der Waals surface area contributed by atoms with Crippen molar-refractivity contribution in [3.8, 4) is 0 Å². The number of carbonyl (C=O) groups is 2. The summed E-state index contributed by atoms with van der Waals surface area (Å²) < 4.78 is 0. The maximum Gasteiger partial charge on any atom is 1.00 e. The fourth-order valence-electron chi connectivity index (χ4n) is 0. The first-order valence-corrected chi connectivity index (χ1v) is 1.07. The summed E-state index contributed by atoms with van der Waals surface area (Å²) in [7, 11) is 0. The molecule has 0 spiro atoms. The summed E-state index contributed by atoms with van der Waals surface area (Å²) in [5.41, 5.74) is 0. The van der Waals surface area contributed by atoms with Crippen molar-refractivity contribution in [3.63, 3.8) is 0 Å². The van der Waals surface area contributed by atoms with E-state index in [1.54, 1.807) is 0 Å². The number of carboxylic acid groups (broad SMARTS) is 2. The molecule has 0 bridgehead atoms. The smallest absolute Gasteiger partial charge is 0.543 e. The van der Waals surface area contributed by atoms with Crippen molar-refractivity contribution < 1.29 is 71.2 Å². The van der Waals surface area contributed by atoms with Crippen molar-refractivity contribution in [2.75, 3.05) is 0 Å². The Bertz CT molecular complexity index is 75.7. The monoisotopic (exact) mass is 127 g/mol. The molecule has 0 unspecified atom stereocenters. The second kappa shape index (κ2) is 4.73. The summed E-state index contributed by atoms with van der Waals surface area (Å²) in [4.78, 5) is 17.9. The van der Waals surface area contributed by atoms with Gasteiger partial charge >= 0.3 is 51.4 Å². The Balaban J connectivity index is 0. The summed E-state index contributed by atoms with van der Waals surface area (Å²) in [6, 6.07) is 0. The Morgan fingerprint density at radius 1 is 1.00 bits per heavy atom. The fraction of sp³-hybridized carbons (Fsp3) is 0. The summed E-state index contributed by atoms with van der Waals surface area (Å²) >= 11 is 0. The molecular formula is C2KO4-. The van der Waals surface area contributed by atoms with Crippen LogP contribution in [0.4, 0.5) is 0 Å². The second-order valence-electron chi connectivity index (χ2n) is 0.575. The molecule has 34 valence electrons. The van der Waals surface area contributed by atoms with E-state index in [4.69, 9.17) is 19.8 Å². The molecule has 0 aliphatic carbocycles. The van der Waals surface area contributed by atoms with Gasteiger partial charge in [0.25, 0.3) is 0 Å². The van der Waals surface area contributed by atoms with E-state index < -0.39 is 11.9 Å². The molecule has 0 radical (unpaired) electrons. The van der Waals surface area contributed by atoms with Crippen LogP contribution in [0.1, 0.15) is 0 Å². The van der Waals surface area contributed by atoms with Gasteiger partial charge in [0.1, 0.15) is 0 Å². The van der Waals surface area contributed by atoms with E-state index in [-0.39, 0.29) is 51.4 Å². The van der Waals surface area contributed by atoms with Crippen LogP contribution in [0.25, 0.3) is 0 Å². The third-order valence-corrected chi connectivity index (χ3v) is 0.167. The topological polar surface area (TPSA) is 80.3 Å². The number of hydrogen-bond acceptors (Lipinski definition) is 4. The quantitative estimate of drug-likeness (QED) is 0.239. The molecule has 0 saturated heterocycles. The minimum atomic E-state index is -2.19. The molecule has 0 aliphatic heterocycles. The Hall–Kier alpha value is 0.576. The van der Waals surface area contributed by atoms with Crippen LogP contribution in [0.2, 0.25) is 0 Å². The zero-order valence-electron chi connectivity index (χ0n) is 3.63. The predicted octanol–water partition coefficient (Wildman–Crippen LogP) is -6.51. The van der Waals surface area contributed by atoms with E-state index in [9.17, 15) is 0 Å². The van der Waals surface area contributed by atoms with Crippen LogP contribution in [0.3, 0.4) is 0 Å². The molecule has 5 heteroatoms. The van der Waals surface area contributed by atoms with Crippen LogP contribution in [0.5, 0.6) is 0 Å². The van der Waals surface area contributed by atoms with Gasteiger partial charge in [0, 0.05) is 0 Å². The van der Waals surface area contributed by atoms with Crippen LogP contribution in [-0.2, 0) is 9.59 Å². The van der Waals surface area contributed by atoms with Gasteiger partial charge in [-0.1, -0.05) is 0 Å². The third-order valence-electron chi connectivity index (χ3n) is 0.167. The fourth-order valence-corrected chi connectivity index (χ4v) is 0. The van der Waals surface area contributed by atoms with Gasteiger partial charge in [0.05, 0.1) is 11.9 Å². The molecule has 0 aliphatic rings. The van der Waals surface area contributed by atoms with Crippen molar-refractivity contribution in [1.82, 2.24) is 0 Å². The largest absolute Gasteiger partial charge is 1.00 e. The Kier molecular flexibility index (Phi) is 7.12. The molecule has 0 aromatic rings. The average molecular weight is 127 g/mol. The van der Waals surface area contributed by atoms with E-state index in [1.165, 1.54) is 0 Å². The van der Waals surface area contributed by atoms with Crippen LogP contribution in [-0.4, -0.2) is 11.9 Å². The molecule has 0 saturated carbocycles.